The monoisotopic (exact) mass is 412 g/mol. The lowest BCUT2D eigenvalue weighted by Gasteiger charge is -2.14. The number of aliphatic hydroxyl groups excluding tert-OH is 1. The summed E-state index contributed by atoms with van der Waals surface area (Å²) in [6.07, 6.45) is 26.0. The van der Waals surface area contributed by atoms with E-state index in [4.69, 9.17) is 5.11 Å². The number of hydrogen-bond donors (Lipinski definition) is 2. The summed E-state index contributed by atoms with van der Waals surface area (Å²) in [5.41, 5.74) is 0. The summed E-state index contributed by atoms with van der Waals surface area (Å²) in [6.45, 7) is 4.19. The number of carboxylic acids is 1. The number of rotatable bonds is 23. The molecule has 0 radical (unpaired) electrons. The topological polar surface area (TPSA) is 57.5 Å². The zero-order valence-electron chi connectivity index (χ0n) is 19.8. The highest BCUT2D eigenvalue weighted by atomic mass is 16.4. The van der Waals surface area contributed by atoms with Crippen LogP contribution < -0.4 is 0 Å². The minimum Gasteiger partial charge on any atom is -0.481 e. The second-order valence-electron chi connectivity index (χ2n) is 9.39. The molecule has 0 aliphatic carbocycles. The molecule has 0 aromatic heterocycles. The fourth-order valence-corrected chi connectivity index (χ4v) is 4.25. The summed E-state index contributed by atoms with van der Waals surface area (Å²) < 4.78 is 0. The molecule has 3 heteroatoms. The molecule has 0 amide bonds. The van der Waals surface area contributed by atoms with Crippen molar-refractivity contribution in [3.8, 4) is 0 Å². The lowest BCUT2D eigenvalue weighted by atomic mass is 9.96. The molecule has 2 atom stereocenters. The summed E-state index contributed by atoms with van der Waals surface area (Å²) >= 11 is 0. The molecule has 3 nitrogen and oxygen atoms in total. The smallest absolute Gasteiger partial charge is 0.303 e. The highest BCUT2D eigenvalue weighted by Crippen LogP contribution is 2.17. The van der Waals surface area contributed by atoms with Crippen LogP contribution in [0.3, 0.4) is 0 Å². The molecule has 0 aromatic rings. The first kappa shape index (κ1) is 28.4. The highest BCUT2D eigenvalue weighted by molar-refractivity contribution is 5.66. The Balaban J connectivity index is 3.17. The average molecular weight is 413 g/mol. The minimum absolute atomic E-state index is 0.0676. The van der Waals surface area contributed by atoms with Crippen molar-refractivity contribution in [1.82, 2.24) is 0 Å². The predicted molar refractivity (Wildman–Crippen MR) is 125 cm³/mol. The first-order valence-electron chi connectivity index (χ1n) is 13.0. The van der Waals surface area contributed by atoms with Crippen molar-refractivity contribution in [3.63, 3.8) is 0 Å². The summed E-state index contributed by atoms with van der Waals surface area (Å²) in [5.74, 6) is -0.698. The Bertz CT molecular complexity index is 343. The number of unbranched alkanes of at least 4 members (excludes halogenated alkanes) is 17. The van der Waals surface area contributed by atoms with E-state index in [2.05, 4.69) is 6.92 Å². The zero-order valence-corrected chi connectivity index (χ0v) is 19.8. The normalized spacial score (nSPS) is 13.5. The first-order valence-corrected chi connectivity index (χ1v) is 13.0. The molecular formula is C26H52O3. The van der Waals surface area contributed by atoms with Crippen molar-refractivity contribution in [2.24, 2.45) is 5.92 Å². The second-order valence-corrected chi connectivity index (χ2v) is 9.39. The van der Waals surface area contributed by atoms with Crippen LogP contribution in [-0.2, 0) is 4.79 Å². The number of carbonyl (C=O) groups is 1. The van der Waals surface area contributed by atoms with E-state index in [9.17, 15) is 9.90 Å². The van der Waals surface area contributed by atoms with E-state index >= 15 is 0 Å². The molecular weight excluding hydrogens is 360 g/mol. The maximum absolute atomic E-state index is 10.6. The zero-order chi connectivity index (χ0) is 21.6. The van der Waals surface area contributed by atoms with Crippen molar-refractivity contribution in [1.29, 1.82) is 0 Å². The van der Waals surface area contributed by atoms with Gasteiger partial charge in [0.2, 0.25) is 0 Å². The lowest BCUT2D eigenvalue weighted by molar-refractivity contribution is -0.138. The Hall–Kier alpha value is -0.570. The van der Waals surface area contributed by atoms with Crippen LogP contribution in [0.25, 0.3) is 0 Å². The first-order chi connectivity index (χ1) is 14.1. The Morgan fingerprint density at radius 3 is 1.34 bits per heavy atom. The van der Waals surface area contributed by atoms with Gasteiger partial charge in [-0.25, -0.2) is 0 Å². The van der Waals surface area contributed by atoms with Crippen LogP contribution in [0.5, 0.6) is 0 Å². The molecule has 174 valence electrons. The van der Waals surface area contributed by atoms with Gasteiger partial charge in [0.25, 0.3) is 0 Å². The maximum atomic E-state index is 10.6. The van der Waals surface area contributed by atoms with Crippen molar-refractivity contribution in [3.05, 3.63) is 0 Å². The van der Waals surface area contributed by atoms with Crippen molar-refractivity contribution >= 4 is 5.97 Å². The molecule has 0 spiro atoms. The van der Waals surface area contributed by atoms with Gasteiger partial charge in [0, 0.05) is 6.42 Å². The van der Waals surface area contributed by atoms with Crippen LogP contribution in [0.15, 0.2) is 0 Å². The minimum atomic E-state index is -0.766. The molecule has 2 unspecified atom stereocenters. The predicted octanol–water partition coefficient (Wildman–Crippen LogP) is 8.28. The van der Waals surface area contributed by atoms with Crippen LogP contribution in [0.2, 0.25) is 0 Å². The van der Waals surface area contributed by atoms with Gasteiger partial charge in [-0.1, -0.05) is 129 Å². The van der Waals surface area contributed by atoms with Crippen molar-refractivity contribution < 1.29 is 15.0 Å². The van der Waals surface area contributed by atoms with Crippen LogP contribution >= 0.6 is 0 Å². The van der Waals surface area contributed by atoms with Crippen molar-refractivity contribution in [2.75, 3.05) is 0 Å². The summed E-state index contributed by atoms with van der Waals surface area (Å²) in [4.78, 5) is 10.6. The van der Waals surface area contributed by atoms with E-state index in [0.29, 0.717) is 6.42 Å². The van der Waals surface area contributed by atoms with Gasteiger partial charge < -0.3 is 10.2 Å². The molecule has 0 fully saturated rings. The molecule has 0 bridgehead atoms. The van der Waals surface area contributed by atoms with Gasteiger partial charge in [-0.05, 0) is 18.8 Å². The molecule has 2 N–H and O–H groups in total. The molecule has 0 aromatic carbocycles. The van der Waals surface area contributed by atoms with Gasteiger partial charge in [-0.3, -0.25) is 4.79 Å². The van der Waals surface area contributed by atoms with Crippen LogP contribution in [0, 0.1) is 5.92 Å². The molecule has 0 rings (SSSR count). The number of carboxylic acid groups (broad SMARTS) is 1. The lowest BCUT2D eigenvalue weighted by Crippen LogP contribution is -2.14. The average Bonchev–Trinajstić information content (AvgIpc) is 2.66. The third kappa shape index (κ3) is 23.6. The Labute approximate surface area is 182 Å². The summed E-state index contributed by atoms with van der Waals surface area (Å²) in [5, 5.41) is 18.7. The van der Waals surface area contributed by atoms with Crippen LogP contribution in [0.4, 0.5) is 0 Å². The number of aliphatic carboxylic acids is 1. The maximum Gasteiger partial charge on any atom is 0.303 e. The van der Waals surface area contributed by atoms with Gasteiger partial charge in [-0.15, -0.1) is 0 Å². The van der Waals surface area contributed by atoms with Gasteiger partial charge in [0.05, 0.1) is 6.10 Å². The van der Waals surface area contributed by atoms with E-state index < -0.39 is 5.97 Å². The Morgan fingerprint density at radius 2 is 1.00 bits per heavy atom. The summed E-state index contributed by atoms with van der Waals surface area (Å²) in [7, 11) is 0. The molecule has 0 saturated carbocycles. The Kier molecular flexibility index (Phi) is 21.7. The number of aliphatic hydroxyl groups is 1. The molecule has 0 aliphatic rings. The van der Waals surface area contributed by atoms with Gasteiger partial charge in [0.1, 0.15) is 0 Å². The largest absolute Gasteiger partial charge is 0.481 e. The van der Waals surface area contributed by atoms with Crippen LogP contribution in [0.1, 0.15) is 149 Å². The van der Waals surface area contributed by atoms with E-state index in [1.165, 1.54) is 109 Å². The van der Waals surface area contributed by atoms with E-state index in [0.717, 1.165) is 12.8 Å². The van der Waals surface area contributed by atoms with Crippen LogP contribution in [-0.4, -0.2) is 22.3 Å². The molecule has 0 saturated heterocycles. The second kappa shape index (κ2) is 22.1. The van der Waals surface area contributed by atoms with Crippen molar-refractivity contribution in [2.45, 2.75) is 155 Å². The third-order valence-electron chi connectivity index (χ3n) is 6.09. The molecule has 0 heterocycles. The molecule has 29 heavy (non-hydrogen) atoms. The number of hydrogen-bond acceptors (Lipinski definition) is 2. The van der Waals surface area contributed by atoms with E-state index in [-0.39, 0.29) is 18.4 Å². The summed E-state index contributed by atoms with van der Waals surface area (Å²) in [6, 6.07) is 0. The van der Waals surface area contributed by atoms with E-state index in [1.54, 1.807) is 0 Å². The van der Waals surface area contributed by atoms with Gasteiger partial charge in [-0.2, -0.15) is 0 Å². The fourth-order valence-electron chi connectivity index (χ4n) is 4.25. The van der Waals surface area contributed by atoms with Gasteiger partial charge in [0.15, 0.2) is 0 Å². The van der Waals surface area contributed by atoms with Gasteiger partial charge >= 0.3 is 5.97 Å². The molecule has 0 aliphatic heterocycles. The SMILES string of the molecule is CCCCCCCCCCCCCCCCCCCCC(O)CC(C)CC(=O)O. The Morgan fingerprint density at radius 1 is 0.655 bits per heavy atom. The standard InChI is InChI=1S/C26H52O3/c1-3-4-5-6-7-8-9-10-11-12-13-14-15-16-17-18-19-20-21-25(27)22-24(2)23-26(28)29/h24-25,27H,3-23H2,1-2H3,(H,28,29). The third-order valence-corrected chi connectivity index (χ3v) is 6.09. The quantitative estimate of drug-likeness (QED) is 0.166. The van der Waals surface area contributed by atoms with E-state index in [1.807, 2.05) is 6.92 Å². The highest BCUT2D eigenvalue weighted by Gasteiger charge is 2.13. The fraction of sp³-hybridized carbons (Fsp3) is 0.962.